The van der Waals surface area contributed by atoms with Crippen LogP contribution < -0.4 is 5.32 Å². The van der Waals surface area contributed by atoms with E-state index in [1.165, 1.54) is 4.80 Å². The van der Waals surface area contributed by atoms with Gasteiger partial charge in [-0.15, -0.1) is 0 Å². The Balaban J connectivity index is 1.52. The van der Waals surface area contributed by atoms with E-state index in [9.17, 15) is 9.59 Å². The maximum atomic E-state index is 12.5. The zero-order valence-electron chi connectivity index (χ0n) is 15.8. The number of hydrogen-bond donors (Lipinski definition) is 1. The Kier molecular flexibility index (Phi) is 6.05. The summed E-state index contributed by atoms with van der Waals surface area (Å²) in [5, 5.41) is 11.1. The van der Waals surface area contributed by atoms with Crippen molar-refractivity contribution >= 4 is 17.6 Å². The number of hydrogen-bond acceptors (Lipinski definition) is 4. The Morgan fingerprint density at radius 3 is 2.22 bits per heavy atom. The second-order valence-corrected chi connectivity index (χ2v) is 6.57. The molecule has 0 unspecified atom stereocenters. The first-order chi connectivity index (χ1) is 13.1. The van der Waals surface area contributed by atoms with E-state index >= 15 is 0 Å². The molecule has 1 aromatic carbocycles. The summed E-state index contributed by atoms with van der Waals surface area (Å²) in [5.74, 6) is -0.0619. The molecule has 0 bridgehead atoms. The highest BCUT2D eigenvalue weighted by Gasteiger charge is 2.28. The predicted molar refractivity (Wildman–Crippen MR) is 103 cm³/mol. The van der Waals surface area contributed by atoms with Crippen molar-refractivity contribution in [2.24, 2.45) is 5.92 Å². The number of benzene rings is 1. The summed E-state index contributed by atoms with van der Waals surface area (Å²) in [5.41, 5.74) is 1.58. The van der Waals surface area contributed by atoms with E-state index in [-0.39, 0.29) is 17.9 Å². The lowest BCUT2D eigenvalue weighted by Crippen LogP contribution is -2.47. The van der Waals surface area contributed by atoms with Crippen LogP contribution in [0, 0.1) is 5.92 Å². The number of aromatic nitrogens is 3. The molecule has 144 valence electrons. The molecule has 27 heavy (non-hydrogen) atoms. The fourth-order valence-electron chi connectivity index (χ4n) is 3.30. The van der Waals surface area contributed by atoms with Crippen LogP contribution in [0.5, 0.6) is 0 Å². The topological polar surface area (TPSA) is 83.4 Å². The van der Waals surface area contributed by atoms with Gasteiger partial charge in [0, 0.05) is 37.8 Å². The van der Waals surface area contributed by atoms with Crippen molar-refractivity contribution in [2.75, 3.05) is 31.5 Å². The van der Waals surface area contributed by atoms with Crippen LogP contribution in [0.1, 0.15) is 26.7 Å². The van der Waals surface area contributed by atoms with E-state index in [0.29, 0.717) is 39.0 Å². The van der Waals surface area contributed by atoms with Crippen LogP contribution in [-0.4, -0.2) is 62.9 Å². The number of nitrogens with one attached hydrogen (secondary N) is 1. The molecule has 3 amide bonds. The van der Waals surface area contributed by atoms with Crippen molar-refractivity contribution in [2.45, 2.75) is 26.7 Å². The van der Waals surface area contributed by atoms with Gasteiger partial charge in [0.25, 0.3) is 0 Å². The third kappa shape index (κ3) is 4.45. The first-order valence-electron chi connectivity index (χ1n) is 9.43. The molecule has 3 rings (SSSR count). The van der Waals surface area contributed by atoms with E-state index in [2.05, 4.69) is 15.5 Å². The largest absolute Gasteiger partial charge is 0.326 e. The quantitative estimate of drug-likeness (QED) is 0.876. The first-order valence-corrected chi connectivity index (χ1v) is 9.43. The number of carbonyl (C=O) groups is 2. The minimum atomic E-state index is -0.0711. The van der Waals surface area contributed by atoms with E-state index in [1.54, 1.807) is 12.4 Å². The number of rotatable bonds is 5. The molecule has 8 nitrogen and oxygen atoms in total. The monoisotopic (exact) mass is 370 g/mol. The van der Waals surface area contributed by atoms with Crippen LogP contribution in [-0.2, 0) is 4.79 Å². The molecule has 0 saturated carbocycles. The Hall–Kier alpha value is -2.90. The molecule has 1 saturated heterocycles. The first kappa shape index (κ1) is 18.9. The Labute approximate surface area is 159 Å². The Morgan fingerprint density at radius 1 is 1.07 bits per heavy atom. The fraction of sp³-hybridized carbons (Fsp3) is 0.474. The van der Waals surface area contributed by atoms with Gasteiger partial charge in [-0.05, 0) is 51.0 Å². The standard InChI is InChI=1S/C19H26N6O2/c1-3-23(4-2)19(27)24-13-9-15(10-14-24)18(26)22-16-5-7-17(8-6-16)25-20-11-12-21-25/h5-8,11-12,15H,3-4,9-10,13-14H2,1-2H3,(H,22,26). The van der Waals surface area contributed by atoms with Gasteiger partial charge in [-0.25, -0.2) is 4.79 Å². The van der Waals surface area contributed by atoms with Crippen molar-refractivity contribution in [1.82, 2.24) is 24.8 Å². The Bertz CT molecular complexity index is 747. The minimum Gasteiger partial charge on any atom is -0.326 e. The van der Waals surface area contributed by atoms with E-state index < -0.39 is 0 Å². The van der Waals surface area contributed by atoms with Gasteiger partial charge in [-0.2, -0.15) is 15.0 Å². The maximum Gasteiger partial charge on any atom is 0.319 e. The van der Waals surface area contributed by atoms with Crippen LogP contribution in [0.2, 0.25) is 0 Å². The van der Waals surface area contributed by atoms with E-state index in [4.69, 9.17) is 0 Å². The zero-order valence-corrected chi connectivity index (χ0v) is 15.8. The number of amides is 3. The molecule has 0 spiro atoms. The van der Waals surface area contributed by atoms with Gasteiger partial charge < -0.3 is 15.1 Å². The van der Waals surface area contributed by atoms with Gasteiger partial charge in [-0.1, -0.05) is 0 Å². The summed E-state index contributed by atoms with van der Waals surface area (Å²) >= 11 is 0. The summed E-state index contributed by atoms with van der Waals surface area (Å²) in [6, 6.07) is 7.48. The van der Waals surface area contributed by atoms with Gasteiger partial charge >= 0.3 is 6.03 Å². The van der Waals surface area contributed by atoms with E-state index in [1.807, 2.05) is 47.9 Å². The molecule has 0 radical (unpaired) electrons. The van der Waals surface area contributed by atoms with Crippen molar-refractivity contribution in [3.05, 3.63) is 36.7 Å². The molecule has 1 aliphatic heterocycles. The van der Waals surface area contributed by atoms with Gasteiger partial charge in [0.15, 0.2) is 0 Å². The second-order valence-electron chi connectivity index (χ2n) is 6.57. The molecule has 8 heteroatoms. The molecule has 1 aromatic heterocycles. The summed E-state index contributed by atoms with van der Waals surface area (Å²) in [6.45, 7) is 6.62. The van der Waals surface area contributed by atoms with Gasteiger partial charge in [0.1, 0.15) is 0 Å². The predicted octanol–water partition coefficient (Wildman–Crippen LogP) is 2.38. The molecule has 0 aliphatic carbocycles. The number of anilines is 1. The van der Waals surface area contributed by atoms with Crippen molar-refractivity contribution in [3.63, 3.8) is 0 Å². The SMILES string of the molecule is CCN(CC)C(=O)N1CCC(C(=O)Nc2ccc(-n3nccn3)cc2)CC1. The smallest absolute Gasteiger partial charge is 0.319 e. The van der Waals surface area contributed by atoms with Crippen molar-refractivity contribution in [1.29, 1.82) is 0 Å². The molecule has 0 atom stereocenters. The van der Waals surface area contributed by atoms with Crippen molar-refractivity contribution < 1.29 is 9.59 Å². The average molecular weight is 370 g/mol. The summed E-state index contributed by atoms with van der Waals surface area (Å²) in [7, 11) is 0. The van der Waals surface area contributed by atoms with Crippen LogP contribution in [0.15, 0.2) is 36.7 Å². The average Bonchev–Trinajstić information content (AvgIpc) is 3.24. The molecular weight excluding hydrogens is 344 g/mol. The summed E-state index contributed by atoms with van der Waals surface area (Å²) in [6.07, 6.45) is 4.61. The van der Waals surface area contributed by atoms with E-state index in [0.717, 1.165) is 11.4 Å². The normalized spacial score (nSPS) is 14.8. The molecule has 1 fully saturated rings. The molecule has 2 heterocycles. The highest BCUT2D eigenvalue weighted by atomic mass is 16.2. The second kappa shape index (κ2) is 8.66. The summed E-state index contributed by atoms with van der Waals surface area (Å²) < 4.78 is 0. The number of urea groups is 1. The number of piperidine rings is 1. The van der Waals surface area contributed by atoms with Crippen LogP contribution >= 0.6 is 0 Å². The maximum absolute atomic E-state index is 12.5. The zero-order chi connectivity index (χ0) is 19.2. The number of likely N-dealkylation sites (tertiary alicyclic amines) is 1. The summed E-state index contributed by atoms with van der Waals surface area (Å²) in [4.78, 5) is 30.1. The third-order valence-corrected chi connectivity index (χ3v) is 4.95. The Morgan fingerprint density at radius 2 is 1.67 bits per heavy atom. The van der Waals surface area contributed by atoms with Crippen molar-refractivity contribution in [3.8, 4) is 5.69 Å². The molecule has 1 N–H and O–H groups in total. The highest BCUT2D eigenvalue weighted by Crippen LogP contribution is 2.21. The molecule has 2 aromatic rings. The highest BCUT2D eigenvalue weighted by molar-refractivity contribution is 5.92. The van der Waals surface area contributed by atoms with Crippen LogP contribution in [0.4, 0.5) is 10.5 Å². The minimum absolute atomic E-state index is 0.00917. The lowest BCUT2D eigenvalue weighted by molar-refractivity contribution is -0.121. The lowest BCUT2D eigenvalue weighted by Gasteiger charge is -2.34. The lowest BCUT2D eigenvalue weighted by atomic mass is 9.96. The van der Waals surface area contributed by atoms with Gasteiger partial charge in [0.05, 0.1) is 18.1 Å². The number of nitrogens with zero attached hydrogens (tertiary/aromatic N) is 5. The third-order valence-electron chi connectivity index (χ3n) is 4.95. The van der Waals surface area contributed by atoms with Gasteiger partial charge in [-0.3, -0.25) is 4.79 Å². The van der Waals surface area contributed by atoms with Crippen LogP contribution in [0.3, 0.4) is 0 Å². The van der Waals surface area contributed by atoms with Gasteiger partial charge in [0.2, 0.25) is 5.91 Å². The molecular formula is C19H26N6O2. The number of carbonyl (C=O) groups excluding carboxylic acids is 2. The fourth-order valence-corrected chi connectivity index (χ4v) is 3.30. The van der Waals surface area contributed by atoms with Crippen LogP contribution in [0.25, 0.3) is 5.69 Å². The molecule has 1 aliphatic rings.